The molecule has 0 atom stereocenters. The van der Waals surface area contributed by atoms with Gasteiger partial charge in [-0.15, -0.1) is 0 Å². The fourth-order valence-corrected chi connectivity index (χ4v) is 3.64. The van der Waals surface area contributed by atoms with Crippen LogP contribution in [-0.2, 0) is 12.8 Å². The zero-order valence-corrected chi connectivity index (χ0v) is 17.2. The third-order valence-corrected chi connectivity index (χ3v) is 5.44. The van der Waals surface area contributed by atoms with Gasteiger partial charge in [-0.1, -0.05) is 80.6 Å². The van der Waals surface area contributed by atoms with Crippen molar-refractivity contribution < 1.29 is 0 Å². The molecule has 0 radical (unpaired) electrons. The third-order valence-electron chi connectivity index (χ3n) is 5.44. The summed E-state index contributed by atoms with van der Waals surface area (Å²) in [5.74, 6) is 0. The minimum Gasteiger partial charge on any atom is -0.311 e. The molecule has 0 aliphatic rings. The van der Waals surface area contributed by atoms with Crippen molar-refractivity contribution in [2.45, 2.75) is 26.7 Å². The molecular weight excluding hydrogens is 350 g/mol. The molecule has 0 aromatic heterocycles. The van der Waals surface area contributed by atoms with Crippen LogP contribution in [-0.4, -0.2) is 0 Å². The van der Waals surface area contributed by atoms with Crippen LogP contribution >= 0.6 is 0 Å². The number of hydrogen-bond donors (Lipinski definition) is 0. The van der Waals surface area contributed by atoms with Crippen LogP contribution in [0.2, 0.25) is 0 Å². The van der Waals surface area contributed by atoms with Gasteiger partial charge in [0, 0.05) is 17.1 Å². The van der Waals surface area contributed by atoms with E-state index in [2.05, 4.69) is 122 Å². The topological polar surface area (TPSA) is 3.24 Å². The van der Waals surface area contributed by atoms with E-state index in [-0.39, 0.29) is 0 Å². The van der Waals surface area contributed by atoms with E-state index in [1.54, 1.807) is 0 Å². The summed E-state index contributed by atoms with van der Waals surface area (Å²) < 4.78 is 0. The van der Waals surface area contributed by atoms with Gasteiger partial charge in [-0.25, -0.2) is 0 Å². The van der Waals surface area contributed by atoms with Crippen molar-refractivity contribution in [3.63, 3.8) is 0 Å². The number of rotatable bonds is 6. The molecule has 0 spiro atoms. The SMILES string of the molecule is CCc1ccc(N(c2ccc(CC)cc2)c2ccc(-c3ccccc3)cc2)cc1. The van der Waals surface area contributed by atoms with Crippen LogP contribution in [0.4, 0.5) is 17.1 Å². The van der Waals surface area contributed by atoms with Gasteiger partial charge in [-0.2, -0.15) is 0 Å². The first-order valence-electron chi connectivity index (χ1n) is 10.4. The molecule has 0 saturated heterocycles. The van der Waals surface area contributed by atoms with Crippen molar-refractivity contribution in [2.75, 3.05) is 4.90 Å². The summed E-state index contributed by atoms with van der Waals surface area (Å²) in [5, 5.41) is 0. The first-order valence-corrected chi connectivity index (χ1v) is 10.4. The van der Waals surface area contributed by atoms with E-state index in [4.69, 9.17) is 0 Å². The van der Waals surface area contributed by atoms with Crippen molar-refractivity contribution in [1.82, 2.24) is 0 Å². The van der Waals surface area contributed by atoms with Gasteiger partial charge in [0.2, 0.25) is 0 Å². The Balaban J connectivity index is 1.74. The Hall–Kier alpha value is -3.32. The Bertz CT molecular complexity index is 983. The molecule has 0 heterocycles. The predicted molar refractivity (Wildman–Crippen MR) is 125 cm³/mol. The van der Waals surface area contributed by atoms with Crippen molar-refractivity contribution in [3.05, 3.63) is 114 Å². The zero-order valence-electron chi connectivity index (χ0n) is 17.2. The average Bonchev–Trinajstić information content (AvgIpc) is 2.81. The van der Waals surface area contributed by atoms with Gasteiger partial charge in [0.15, 0.2) is 0 Å². The van der Waals surface area contributed by atoms with E-state index < -0.39 is 0 Å². The highest BCUT2D eigenvalue weighted by Gasteiger charge is 2.12. The Kier molecular flexibility index (Phi) is 5.76. The van der Waals surface area contributed by atoms with Gasteiger partial charge in [0.05, 0.1) is 0 Å². The van der Waals surface area contributed by atoms with Crippen LogP contribution in [0.5, 0.6) is 0 Å². The minimum absolute atomic E-state index is 1.05. The Morgan fingerprint density at radius 2 is 0.828 bits per heavy atom. The number of hydrogen-bond acceptors (Lipinski definition) is 1. The molecule has 1 nitrogen and oxygen atoms in total. The summed E-state index contributed by atoms with van der Waals surface area (Å²) in [7, 11) is 0. The van der Waals surface area contributed by atoms with Crippen molar-refractivity contribution in [2.24, 2.45) is 0 Å². The molecule has 0 amide bonds. The van der Waals surface area contributed by atoms with Gasteiger partial charge in [0.25, 0.3) is 0 Å². The molecule has 0 fully saturated rings. The first-order chi connectivity index (χ1) is 14.3. The minimum atomic E-state index is 1.05. The fraction of sp³-hybridized carbons (Fsp3) is 0.143. The Morgan fingerprint density at radius 1 is 0.448 bits per heavy atom. The standard InChI is InChI=1S/C28H27N/c1-3-22-10-16-26(17-11-22)29(27-18-12-23(4-2)13-19-27)28-20-14-25(15-21-28)24-8-6-5-7-9-24/h5-21H,3-4H2,1-2H3. The summed E-state index contributed by atoms with van der Waals surface area (Å²) >= 11 is 0. The lowest BCUT2D eigenvalue weighted by Gasteiger charge is -2.26. The lowest BCUT2D eigenvalue weighted by atomic mass is 10.0. The molecule has 29 heavy (non-hydrogen) atoms. The van der Waals surface area contributed by atoms with Crippen LogP contribution in [0.1, 0.15) is 25.0 Å². The van der Waals surface area contributed by atoms with Crippen LogP contribution in [0.15, 0.2) is 103 Å². The molecule has 4 aromatic rings. The van der Waals surface area contributed by atoms with Crippen molar-refractivity contribution in [3.8, 4) is 11.1 Å². The number of anilines is 3. The van der Waals surface area contributed by atoms with E-state index in [9.17, 15) is 0 Å². The number of nitrogens with zero attached hydrogens (tertiary/aromatic N) is 1. The van der Waals surface area contributed by atoms with Crippen LogP contribution < -0.4 is 4.90 Å². The van der Waals surface area contributed by atoms with Gasteiger partial charge in [-0.3, -0.25) is 0 Å². The molecule has 0 saturated carbocycles. The highest BCUT2D eigenvalue weighted by Crippen LogP contribution is 2.35. The maximum absolute atomic E-state index is 2.33. The van der Waals surface area contributed by atoms with Crippen LogP contribution in [0.25, 0.3) is 11.1 Å². The summed E-state index contributed by atoms with van der Waals surface area (Å²) in [4.78, 5) is 2.33. The molecule has 0 bridgehead atoms. The quantitative estimate of drug-likeness (QED) is 0.329. The van der Waals surface area contributed by atoms with E-state index in [1.165, 1.54) is 33.6 Å². The molecular formula is C28H27N. The number of benzene rings is 4. The Morgan fingerprint density at radius 3 is 1.24 bits per heavy atom. The predicted octanol–water partition coefficient (Wildman–Crippen LogP) is 7.95. The number of aryl methyl sites for hydroxylation is 2. The second-order valence-corrected chi connectivity index (χ2v) is 7.29. The second-order valence-electron chi connectivity index (χ2n) is 7.29. The molecule has 0 unspecified atom stereocenters. The van der Waals surface area contributed by atoms with E-state index in [0.717, 1.165) is 18.5 Å². The maximum Gasteiger partial charge on any atom is 0.0462 e. The molecule has 0 N–H and O–H groups in total. The van der Waals surface area contributed by atoms with Gasteiger partial charge in [-0.05, 0) is 71.5 Å². The van der Waals surface area contributed by atoms with Crippen LogP contribution in [0.3, 0.4) is 0 Å². The van der Waals surface area contributed by atoms with Gasteiger partial charge >= 0.3 is 0 Å². The highest BCUT2D eigenvalue weighted by atomic mass is 15.1. The molecule has 0 aliphatic carbocycles. The molecule has 4 aromatic carbocycles. The van der Waals surface area contributed by atoms with E-state index in [0.29, 0.717) is 0 Å². The average molecular weight is 378 g/mol. The lowest BCUT2D eigenvalue weighted by molar-refractivity contribution is 1.13. The van der Waals surface area contributed by atoms with Crippen molar-refractivity contribution >= 4 is 17.1 Å². The van der Waals surface area contributed by atoms with Gasteiger partial charge < -0.3 is 4.90 Å². The highest BCUT2D eigenvalue weighted by molar-refractivity contribution is 5.78. The molecule has 4 rings (SSSR count). The third kappa shape index (κ3) is 4.25. The summed E-state index contributed by atoms with van der Waals surface area (Å²) in [6.45, 7) is 4.39. The molecule has 1 heteroatoms. The normalized spacial score (nSPS) is 10.7. The van der Waals surface area contributed by atoms with Crippen molar-refractivity contribution in [1.29, 1.82) is 0 Å². The zero-order chi connectivity index (χ0) is 20.1. The fourth-order valence-electron chi connectivity index (χ4n) is 3.64. The van der Waals surface area contributed by atoms with E-state index >= 15 is 0 Å². The monoisotopic (exact) mass is 377 g/mol. The summed E-state index contributed by atoms with van der Waals surface area (Å²) in [6.07, 6.45) is 2.11. The maximum atomic E-state index is 2.33. The first kappa shape index (κ1) is 19.0. The summed E-state index contributed by atoms with van der Waals surface area (Å²) in [6, 6.07) is 37.1. The lowest BCUT2D eigenvalue weighted by Crippen LogP contribution is -2.10. The largest absolute Gasteiger partial charge is 0.311 e. The Labute approximate surface area is 174 Å². The molecule has 144 valence electrons. The van der Waals surface area contributed by atoms with Gasteiger partial charge in [0.1, 0.15) is 0 Å². The second kappa shape index (κ2) is 8.79. The molecule has 0 aliphatic heterocycles. The van der Waals surface area contributed by atoms with E-state index in [1.807, 2.05) is 0 Å². The smallest absolute Gasteiger partial charge is 0.0462 e. The van der Waals surface area contributed by atoms with Crippen LogP contribution in [0, 0.1) is 0 Å². The summed E-state index contributed by atoms with van der Waals surface area (Å²) in [5.41, 5.74) is 8.71.